The van der Waals surface area contributed by atoms with Crippen molar-refractivity contribution in [3.05, 3.63) is 28.2 Å². The third-order valence-electron chi connectivity index (χ3n) is 2.09. The van der Waals surface area contributed by atoms with E-state index in [0.29, 0.717) is 6.54 Å². The lowest BCUT2D eigenvalue weighted by Gasteiger charge is -2.04. The molecule has 1 heterocycles. The molecule has 0 aliphatic heterocycles. The highest BCUT2D eigenvalue weighted by molar-refractivity contribution is 5.86. The standard InChI is InChI=1S/C10H14N2O3/c1-2-3-4-5-12-7-8(10(14)15)9(13)6-11-12/h6-7H,2-5H2,1H3,(H,14,15). The Bertz CT molecular complexity index is 398. The Balaban J connectivity index is 2.79. The predicted octanol–water partition coefficient (Wildman–Crippen LogP) is 1.13. The molecule has 0 fully saturated rings. The third kappa shape index (κ3) is 3.19. The molecule has 5 heteroatoms. The zero-order valence-corrected chi connectivity index (χ0v) is 8.64. The van der Waals surface area contributed by atoms with Crippen LogP contribution in [0.1, 0.15) is 36.5 Å². The van der Waals surface area contributed by atoms with Gasteiger partial charge in [0.25, 0.3) is 0 Å². The molecule has 0 unspecified atom stereocenters. The number of unbranched alkanes of at least 4 members (excludes halogenated alkanes) is 2. The Labute approximate surface area is 87.4 Å². The van der Waals surface area contributed by atoms with Gasteiger partial charge in [-0.1, -0.05) is 19.8 Å². The van der Waals surface area contributed by atoms with Crippen LogP contribution in [0.5, 0.6) is 0 Å². The Morgan fingerprint density at radius 2 is 2.27 bits per heavy atom. The minimum Gasteiger partial charge on any atom is -0.477 e. The minimum atomic E-state index is -1.20. The van der Waals surface area contributed by atoms with Crippen molar-refractivity contribution in [2.24, 2.45) is 0 Å². The number of carboxylic acid groups (broad SMARTS) is 1. The first-order chi connectivity index (χ1) is 7.15. The van der Waals surface area contributed by atoms with Gasteiger partial charge < -0.3 is 5.11 Å². The number of aromatic carboxylic acids is 1. The summed E-state index contributed by atoms with van der Waals surface area (Å²) in [6.07, 6.45) is 5.43. The predicted molar refractivity (Wildman–Crippen MR) is 55.0 cm³/mol. The lowest BCUT2D eigenvalue weighted by atomic mass is 10.2. The quantitative estimate of drug-likeness (QED) is 0.739. The van der Waals surface area contributed by atoms with Crippen LogP contribution in [0.15, 0.2) is 17.2 Å². The van der Waals surface area contributed by atoms with Gasteiger partial charge in [0, 0.05) is 12.7 Å². The van der Waals surface area contributed by atoms with Crippen molar-refractivity contribution in [2.75, 3.05) is 0 Å². The molecule has 0 saturated carbocycles. The first-order valence-corrected chi connectivity index (χ1v) is 4.95. The average Bonchev–Trinajstić information content (AvgIpc) is 2.20. The van der Waals surface area contributed by atoms with Gasteiger partial charge in [0.15, 0.2) is 0 Å². The molecule has 0 saturated heterocycles. The van der Waals surface area contributed by atoms with Crippen molar-refractivity contribution < 1.29 is 9.90 Å². The lowest BCUT2D eigenvalue weighted by Crippen LogP contribution is -2.19. The van der Waals surface area contributed by atoms with Crippen LogP contribution in [0, 0.1) is 0 Å². The smallest absolute Gasteiger partial charge is 0.341 e. The van der Waals surface area contributed by atoms with E-state index >= 15 is 0 Å². The molecule has 1 aromatic heterocycles. The molecule has 5 nitrogen and oxygen atoms in total. The van der Waals surface area contributed by atoms with Gasteiger partial charge in [-0.05, 0) is 6.42 Å². The number of carbonyl (C=O) groups is 1. The summed E-state index contributed by atoms with van der Waals surface area (Å²) in [5.74, 6) is -1.20. The summed E-state index contributed by atoms with van der Waals surface area (Å²) in [4.78, 5) is 21.7. The van der Waals surface area contributed by atoms with Crippen molar-refractivity contribution in [1.29, 1.82) is 0 Å². The van der Waals surface area contributed by atoms with E-state index < -0.39 is 11.4 Å². The van der Waals surface area contributed by atoms with Gasteiger partial charge in [-0.15, -0.1) is 0 Å². The van der Waals surface area contributed by atoms with Crippen molar-refractivity contribution in [1.82, 2.24) is 9.78 Å². The number of hydrogen-bond donors (Lipinski definition) is 1. The number of hydrogen-bond acceptors (Lipinski definition) is 3. The molecule has 0 radical (unpaired) electrons. The average molecular weight is 210 g/mol. The molecule has 1 aromatic rings. The van der Waals surface area contributed by atoms with E-state index in [2.05, 4.69) is 12.0 Å². The summed E-state index contributed by atoms with van der Waals surface area (Å²) in [6.45, 7) is 2.73. The number of aryl methyl sites for hydroxylation is 1. The van der Waals surface area contributed by atoms with E-state index in [1.54, 1.807) is 0 Å². The molecule has 0 aliphatic rings. The SMILES string of the molecule is CCCCCn1cc(C(=O)O)c(=O)cn1. The Morgan fingerprint density at radius 3 is 2.87 bits per heavy atom. The van der Waals surface area contributed by atoms with Crippen LogP contribution in [0.3, 0.4) is 0 Å². The molecule has 0 atom stereocenters. The third-order valence-corrected chi connectivity index (χ3v) is 2.09. The molecule has 1 rings (SSSR count). The lowest BCUT2D eigenvalue weighted by molar-refractivity contribution is 0.0694. The maximum Gasteiger partial charge on any atom is 0.341 e. The van der Waals surface area contributed by atoms with Gasteiger partial charge in [0.2, 0.25) is 5.43 Å². The fourth-order valence-corrected chi connectivity index (χ4v) is 1.25. The Hall–Kier alpha value is -1.65. The first kappa shape index (κ1) is 11.4. The van der Waals surface area contributed by atoms with Crippen molar-refractivity contribution in [3.8, 4) is 0 Å². The monoisotopic (exact) mass is 210 g/mol. The minimum absolute atomic E-state index is 0.221. The van der Waals surface area contributed by atoms with Crippen molar-refractivity contribution >= 4 is 5.97 Å². The summed E-state index contributed by atoms with van der Waals surface area (Å²) in [5.41, 5.74) is -0.768. The van der Waals surface area contributed by atoms with E-state index in [1.807, 2.05) is 0 Å². The maximum absolute atomic E-state index is 11.1. The van der Waals surface area contributed by atoms with Crippen LogP contribution < -0.4 is 5.43 Å². The molecule has 0 bridgehead atoms. The molecule has 0 amide bonds. The van der Waals surface area contributed by atoms with Crippen LogP contribution in [0.2, 0.25) is 0 Å². The summed E-state index contributed by atoms with van der Waals surface area (Å²) in [6, 6.07) is 0. The summed E-state index contributed by atoms with van der Waals surface area (Å²) in [7, 11) is 0. The highest BCUT2D eigenvalue weighted by Crippen LogP contribution is 1.97. The van der Waals surface area contributed by atoms with Gasteiger partial charge in [-0.2, -0.15) is 5.10 Å². The number of nitrogens with zero attached hydrogens (tertiary/aromatic N) is 2. The fourth-order valence-electron chi connectivity index (χ4n) is 1.25. The Morgan fingerprint density at radius 1 is 1.53 bits per heavy atom. The summed E-state index contributed by atoms with van der Waals surface area (Å²) >= 11 is 0. The van der Waals surface area contributed by atoms with Gasteiger partial charge in [0.05, 0.1) is 6.20 Å². The van der Waals surface area contributed by atoms with Crippen LogP contribution in [-0.2, 0) is 6.54 Å². The number of carboxylic acids is 1. The van der Waals surface area contributed by atoms with E-state index in [9.17, 15) is 9.59 Å². The topological polar surface area (TPSA) is 72.2 Å². The second-order valence-electron chi connectivity index (χ2n) is 3.33. The molecular weight excluding hydrogens is 196 g/mol. The van der Waals surface area contributed by atoms with Crippen molar-refractivity contribution in [3.63, 3.8) is 0 Å². The summed E-state index contributed by atoms with van der Waals surface area (Å²) < 4.78 is 1.50. The summed E-state index contributed by atoms with van der Waals surface area (Å²) in [5, 5.41) is 12.6. The molecular formula is C10H14N2O3. The molecule has 0 aromatic carbocycles. The van der Waals surface area contributed by atoms with E-state index in [-0.39, 0.29) is 5.56 Å². The van der Waals surface area contributed by atoms with Gasteiger partial charge in [-0.25, -0.2) is 4.79 Å². The largest absolute Gasteiger partial charge is 0.477 e. The zero-order valence-electron chi connectivity index (χ0n) is 8.64. The first-order valence-electron chi connectivity index (χ1n) is 4.95. The van der Waals surface area contributed by atoms with Gasteiger partial charge in [-0.3, -0.25) is 9.48 Å². The molecule has 0 aliphatic carbocycles. The van der Waals surface area contributed by atoms with Crippen LogP contribution in [-0.4, -0.2) is 20.9 Å². The normalized spacial score (nSPS) is 10.2. The zero-order chi connectivity index (χ0) is 11.3. The highest BCUT2D eigenvalue weighted by Gasteiger charge is 2.08. The number of rotatable bonds is 5. The maximum atomic E-state index is 11.1. The fraction of sp³-hybridized carbons (Fsp3) is 0.500. The number of aromatic nitrogens is 2. The van der Waals surface area contributed by atoms with Crippen LogP contribution in [0.4, 0.5) is 0 Å². The van der Waals surface area contributed by atoms with Gasteiger partial charge >= 0.3 is 5.97 Å². The van der Waals surface area contributed by atoms with Crippen LogP contribution >= 0.6 is 0 Å². The second-order valence-corrected chi connectivity index (χ2v) is 3.33. The van der Waals surface area contributed by atoms with E-state index in [1.165, 1.54) is 10.9 Å². The van der Waals surface area contributed by atoms with E-state index in [4.69, 9.17) is 5.11 Å². The highest BCUT2D eigenvalue weighted by atomic mass is 16.4. The van der Waals surface area contributed by atoms with Crippen LogP contribution in [0.25, 0.3) is 0 Å². The van der Waals surface area contributed by atoms with Crippen molar-refractivity contribution in [2.45, 2.75) is 32.7 Å². The van der Waals surface area contributed by atoms with E-state index in [0.717, 1.165) is 25.5 Å². The molecule has 1 N–H and O–H groups in total. The van der Waals surface area contributed by atoms with Gasteiger partial charge in [0.1, 0.15) is 5.56 Å². The molecule has 0 spiro atoms. The second kappa shape index (κ2) is 5.29. The molecule has 82 valence electrons. The molecule has 15 heavy (non-hydrogen) atoms. The Kier molecular flexibility index (Phi) is 4.03.